The number of rotatable bonds is 9. The molecule has 0 aliphatic rings. The number of fused-ring (bicyclic) bond motifs is 1. The molecule has 4 aromatic rings. The Morgan fingerprint density at radius 3 is 2.03 bits per heavy atom. The van der Waals surface area contributed by atoms with Gasteiger partial charge in [-0.3, -0.25) is 14.4 Å². The van der Waals surface area contributed by atoms with E-state index < -0.39 is 11.7 Å². The molecule has 0 spiro atoms. The summed E-state index contributed by atoms with van der Waals surface area (Å²) in [5.74, 6) is -1.25. The second kappa shape index (κ2) is 10.8. The second-order valence-corrected chi connectivity index (χ2v) is 8.30. The summed E-state index contributed by atoms with van der Waals surface area (Å²) in [5.41, 5.74) is 2.62. The lowest BCUT2D eigenvalue weighted by molar-refractivity contribution is -0.131. The molecule has 4 rings (SSSR count). The highest BCUT2D eigenvalue weighted by molar-refractivity contribution is 6.48. The van der Waals surface area contributed by atoms with E-state index in [9.17, 15) is 14.4 Å². The van der Waals surface area contributed by atoms with Gasteiger partial charge in [-0.1, -0.05) is 66.7 Å². The van der Waals surface area contributed by atoms with Gasteiger partial charge in [0, 0.05) is 35.9 Å². The lowest BCUT2D eigenvalue weighted by Crippen LogP contribution is -2.36. The summed E-state index contributed by atoms with van der Waals surface area (Å²) in [5, 5.41) is 0.658. The van der Waals surface area contributed by atoms with Crippen molar-refractivity contribution < 1.29 is 14.4 Å². The molecule has 1 aromatic heterocycles. The van der Waals surface area contributed by atoms with E-state index >= 15 is 0 Å². The summed E-state index contributed by atoms with van der Waals surface area (Å²) in [4.78, 5) is 43.3. The molecule has 0 fully saturated rings. The van der Waals surface area contributed by atoms with Crippen molar-refractivity contribution in [2.24, 2.45) is 0 Å². The van der Waals surface area contributed by atoms with E-state index in [-0.39, 0.29) is 19.0 Å². The van der Waals surface area contributed by atoms with Crippen LogP contribution in [-0.4, -0.2) is 40.2 Å². The Labute approximate surface area is 205 Å². The maximum atomic E-state index is 13.6. The summed E-state index contributed by atoms with van der Waals surface area (Å²) in [7, 11) is 0. The molecule has 0 radical (unpaired) electrons. The highest BCUT2D eigenvalue weighted by atomic mass is 16.2. The molecular formula is C29H29N3O3. The summed E-state index contributed by atoms with van der Waals surface area (Å²) >= 11 is 0. The maximum absolute atomic E-state index is 13.6. The zero-order chi connectivity index (χ0) is 24.8. The third-order valence-corrected chi connectivity index (χ3v) is 6.15. The smallest absolute Gasteiger partial charge is 0.299 e. The summed E-state index contributed by atoms with van der Waals surface area (Å²) in [6.45, 7) is 5.49. The fourth-order valence-corrected chi connectivity index (χ4v) is 4.27. The van der Waals surface area contributed by atoms with E-state index in [0.29, 0.717) is 29.7 Å². The van der Waals surface area contributed by atoms with Gasteiger partial charge in [0.05, 0.1) is 12.1 Å². The molecule has 0 unspecified atom stereocenters. The number of likely N-dealkylation sites (N-methyl/N-ethyl adjacent to an activating group) is 1. The zero-order valence-electron chi connectivity index (χ0n) is 20.1. The van der Waals surface area contributed by atoms with Crippen LogP contribution in [0.15, 0.2) is 91.1 Å². The van der Waals surface area contributed by atoms with Crippen LogP contribution < -0.4 is 4.90 Å². The lowest BCUT2D eigenvalue weighted by atomic mass is 10.1. The van der Waals surface area contributed by atoms with Crippen molar-refractivity contribution in [2.75, 3.05) is 18.0 Å². The topological polar surface area (TPSA) is 62.6 Å². The fraction of sp³-hybridized carbons (Fsp3) is 0.207. The molecule has 0 bridgehead atoms. The number of carbonyl (C=O) groups is 3. The number of ketones is 1. The predicted molar refractivity (Wildman–Crippen MR) is 138 cm³/mol. The average Bonchev–Trinajstić information content (AvgIpc) is 3.26. The number of amides is 2. The first-order valence-electron chi connectivity index (χ1n) is 11.8. The van der Waals surface area contributed by atoms with E-state index in [1.165, 1.54) is 4.90 Å². The van der Waals surface area contributed by atoms with Gasteiger partial charge in [0.2, 0.25) is 5.91 Å². The molecule has 0 aliphatic carbocycles. The molecule has 35 heavy (non-hydrogen) atoms. The summed E-state index contributed by atoms with van der Waals surface area (Å²) < 4.78 is 1.76. The van der Waals surface area contributed by atoms with Gasteiger partial charge in [0.25, 0.3) is 11.7 Å². The summed E-state index contributed by atoms with van der Waals surface area (Å²) in [6, 6.07) is 26.2. The zero-order valence-corrected chi connectivity index (χ0v) is 20.1. The van der Waals surface area contributed by atoms with Crippen LogP contribution in [0.4, 0.5) is 5.69 Å². The van der Waals surface area contributed by atoms with Crippen molar-refractivity contribution in [1.82, 2.24) is 9.47 Å². The number of hydrogen-bond donors (Lipinski definition) is 0. The van der Waals surface area contributed by atoms with Crippen LogP contribution in [0.25, 0.3) is 10.9 Å². The maximum Gasteiger partial charge on any atom is 0.299 e. The quantitative estimate of drug-likeness (QED) is 0.259. The van der Waals surface area contributed by atoms with Crippen molar-refractivity contribution in [2.45, 2.75) is 26.9 Å². The SMILES string of the molecule is CCN(CC)C(=O)Cn1cc(C(=O)C(=O)N(Cc2ccccc2)c2ccccc2)c2ccccc21. The van der Waals surface area contributed by atoms with E-state index in [4.69, 9.17) is 0 Å². The van der Waals surface area contributed by atoms with Crippen LogP contribution in [-0.2, 0) is 22.7 Å². The van der Waals surface area contributed by atoms with Crippen molar-refractivity contribution >= 4 is 34.2 Å². The highest BCUT2D eigenvalue weighted by Crippen LogP contribution is 2.25. The molecule has 2 amide bonds. The molecule has 178 valence electrons. The molecule has 0 N–H and O–H groups in total. The number of hydrogen-bond acceptors (Lipinski definition) is 3. The van der Waals surface area contributed by atoms with Crippen LogP contribution in [0.2, 0.25) is 0 Å². The Morgan fingerprint density at radius 2 is 1.37 bits per heavy atom. The van der Waals surface area contributed by atoms with Gasteiger partial charge in [-0.2, -0.15) is 0 Å². The normalized spacial score (nSPS) is 10.8. The summed E-state index contributed by atoms with van der Waals surface area (Å²) in [6.07, 6.45) is 1.64. The minimum absolute atomic E-state index is 0.0314. The first-order valence-corrected chi connectivity index (χ1v) is 11.8. The van der Waals surface area contributed by atoms with Crippen LogP contribution >= 0.6 is 0 Å². The van der Waals surface area contributed by atoms with Crippen LogP contribution in [0.3, 0.4) is 0 Å². The van der Waals surface area contributed by atoms with Gasteiger partial charge < -0.3 is 14.4 Å². The fourth-order valence-electron chi connectivity index (χ4n) is 4.27. The first kappa shape index (κ1) is 24.0. The van der Waals surface area contributed by atoms with Gasteiger partial charge in [0.15, 0.2) is 0 Å². The number of benzene rings is 3. The molecule has 0 aliphatic heterocycles. The van der Waals surface area contributed by atoms with Gasteiger partial charge in [0.1, 0.15) is 6.54 Å². The Balaban J connectivity index is 1.70. The van der Waals surface area contributed by atoms with Crippen LogP contribution in [0, 0.1) is 0 Å². The number of aromatic nitrogens is 1. The minimum Gasteiger partial charge on any atom is -0.342 e. The van der Waals surface area contributed by atoms with E-state index in [0.717, 1.165) is 11.1 Å². The van der Waals surface area contributed by atoms with E-state index in [2.05, 4.69) is 0 Å². The van der Waals surface area contributed by atoms with Crippen molar-refractivity contribution in [3.8, 4) is 0 Å². The van der Waals surface area contributed by atoms with Crippen LogP contribution in [0.5, 0.6) is 0 Å². The number of nitrogens with zero attached hydrogens (tertiary/aromatic N) is 3. The third kappa shape index (κ3) is 5.17. The molecule has 6 heteroatoms. The number of carbonyl (C=O) groups excluding carboxylic acids is 3. The first-order chi connectivity index (χ1) is 17.0. The molecule has 1 heterocycles. The molecule has 6 nitrogen and oxygen atoms in total. The van der Waals surface area contributed by atoms with Crippen molar-refractivity contribution in [3.05, 3.63) is 102 Å². The average molecular weight is 468 g/mol. The van der Waals surface area contributed by atoms with Gasteiger partial charge in [-0.25, -0.2) is 0 Å². The number of anilines is 1. The highest BCUT2D eigenvalue weighted by Gasteiger charge is 2.28. The van der Waals surface area contributed by atoms with E-state index in [1.54, 1.807) is 15.7 Å². The molecule has 3 aromatic carbocycles. The Morgan fingerprint density at radius 1 is 0.771 bits per heavy atom. The van der Waals surface area contributed by atoms with Crippen LogP contribution in [0.1, 0.15) is 29.8 Å². The Kier molecular flexibility index (Phi) is 7.41. The third-order valence-electron chi connectivity index (χ3n) is 6.15. The molecular weight excluding hydrogens is 438 g/mol. The molecule has 0 saturated carbocycles. The van der Waals surface area contributed by atoms with Crippen molar-refractivity contribution in [3.63, 3.8) is 0 Å². The van der Waals surface area contributed by atoms with Crippen molar-refractivity contribution in [1.29, 1.82) is 0 Å². The minimum atomic E-state index is -0.613. The number of Topliss-reactive ketones (excluding diaryl/α,β-unsaturated/α-hetero) is 1. The van der Waals surface area contributed by atoms with E-state index in [1.807, 2.05) is 98.8 Å². The standard InChI is InChI=1S/C29H29N3O3/c1-3-30(4-2)27(33)21-31-20-25(24-17-11-12-18-26(24)31)28(34)29(35)32(23-15-9-6-10-16-23)19-22-13-7-5-8-14-22/h5-18,20H,3-4,19,21H2,1-2H3. The predicted octanol–water partition coefficient (Wildman–Crippen LogP) is 4.93. The molecule has 0 saturated heterocycles. The van der Waals surface area contributed by atoms with Gasteiger partial charge in [-0.15, -0.1) is 0 Å². The monoisotopic (exact) mass is 467 g/mol. The lowest BCUT2D eigenvalue weighted by Gasteiger charge is -2.22. The largest absolute Gasteiger partial charge is 0.342 e. The van der Waals surface area contributed by atoms with Gasteiger partial charge in [-0.05, 0) is 37.6 Å². The second-order valence-electron chi connectivity index (χ2n) is 8.30. The van der Waals surface area contributed by atoms with Gasteiger partial charge >= 0.3 is 0 Å². The molecule has 0 atom stereocenters. The Bertz CT molecular complexity index is 1330. The Hall–Kier alpha value is -4.19. The number of para-hydroxylation sites is 2.